The minimum Gasteiger partial charge on any atom is -0.0844 e. The molecular formula is C12H16. The standard InChI is InChI=1S/C12H16/c1-2-4-6-8-10-12-11-9-7-5-3-1/h1-2,5-8,11-12H,3-4,9-10H2/b2-1-,7-5-,8-6+,12-11?. The first kappa shape index (κ1) is 9.05. The van der Waals surface area contributed by atoms with Gasteiger partial charge in [0.15, 0.2) is 0 Å². The molecule has 1 aliphatic carbocycles. The molecule has 1 rings (SSSR count). The van der Waals surface area contributed by atoms with Crippen LogP contribution in [0.25, 0.3) is 0 Å². The highest BCUT2D eigenvalue weighted by Crippen LogP contribution is 1.97. The van der Waals surface area contributed by atoms with Crippen LogP contribution in [0.5, 0.6) is 0 Å². The molecule has 0 saturated carbocycles. The molecule has 0 nitrogen and oxygen atoms in total. The van der Waals surface area contributed by atoms with Crippen molar-refractivity contribution in [2.24, 2.45) is 0 Å². The van der Waals surface area contributed by atoms with E-state index in [2.05, 4.69) is 48.6 Å². The summed E-state index contributed by atoms with van der Waals surface area (Å²) in [7, 11) is 0. The molecule has 0 fully saturated rings. The van der Waals surface area contributed by atoms with Gasteiger partial charge < -0.3 is 0 Å². The van der Waals surface area contributed by atoms with Crippen molar-refractivity contribution in [3.05, 3.63) is 48.6 Å². The number of hydrogen-bond acceptors (Lipinski definition) is 0. The number of allylic oxidation sites excluding steroid dienone is 8. The first-order valence-corrected chi connectivity index (χ1v) is 4.60. The fourth-order valence-electron chi connectivity index (χ4n) is 1.08. The van der Waals surface area contributed by atoms with Crippen LogP contribution in [-0.4, -0.2) is 0 Å². The molecule has 64 valence electrons. The Hall–Kier alpha value is -1.04. The van der Waals surface area contributed by atoms with E-state index >= 15 is 0 Å². The van der Waals surface area contributed by atoms with E-state index in [0.29, 0.717) is 0 Å². The van der Waals surface area contributed by atoms with E-state index in [4.69, 9.17) is 0 Å². The Morgan fingerprint density at radius 1 is 0.333 bits per heavy atom. The van der Waals surface area contributed by atoms with Crippen molar-refractivity contribution in [1.82, 2.24) is 0 Å². The van der Waals surface area contributed by atoms with Gasteiger partial charge in [-0.15, -0.1) is 0 Å². The summed E-state index contributed by atoms with van der Waals surface area (Å²) in [5, 5.41) is 0. The van der Waals surface area contributed by atoms with Gasteiger partial charge in [-0.05, 0) is 25.7 Å². The zero-order valence-corrected chi connectivity index (χ0v) is 7.45. The maximum atomic E-state index is 2.21. The molecule has 0 spiro atoms. The van der Waals surface area contributed by atoms with Gasteiger partial charge in [-0.2, -0.15) is 0 Å². The smallest absolute Gasteiger partial charge is 0.0169 e. The Bertz CT molecular complexity index is 140. The van der Waals surface area contributed by atoms with E-state index in [1.807, 2.05) is 0 Å². The van der Waals surface area contributed by atoms with Gasteiger partial charge >= 0.3 is 0 Å². The normalized spacial score (nSPS) is 26.7. The molecule has 0 heteroatoms. The topological polar surface area (TPSA) is 0 Å². The molecular weight excluding hydrogens is 144 g/mol. The summed E-state index contributed by atoms with van der Waals surface area (Å²) < 4.78 is 0. The van der Waals surface area contributed by atoms with Crippen LogP contribution in [0.3, 0.4) is 0 Å². The monoisotopic (exact) mass is 160 g/mol. The van der Waals surface area contributed by atoms with Crippen LogP contribution in [0.4, 0.5) is 0 Å². The highest BCUT2D eigenvalue weighted by atomic mass is 13.8. The minimum absolute atomic E-state index is 1.07. The summed E-state index contributed by atoms with van der Waals surface area (Å²) in [6, 6.07) is 0. The summed E-state index contributed by atoms with van der Waals surface area (Å²) in [6.07, 6.45) is 22.0. The molecule has 12 heavy (non-hydrogen) atoms. The van der Waals surface area contributed by atoms with Gasteiger partial charge in [0.05, 0.1) is 0 Å². The summed E-state index contributed by atoms with van der Waals surface area (Å²) in [6.45, 7) is 0. The Labute approximate surface area is 75.0 Å². The highest BCUT2D eigenvalue weighted by molar-refractivity contribution is 5.02. The van der Waals surface area contributed by atoms with Gasteiger partial charge in [-0.1, -0.05) is 48.6 Å². The predicted octanol–water partition coefficient (Wildman–Crippen LogP) is 3.79. The van der Waals surface area contributed by atoms with Crippen molar-refractivity contribution in [3.8, 4) is 0 Å². The van der Waals surface area contributed by atoms with Crippen LogP contribution in [0, 0.1) is 0 Å². The molecule has 0 aromatic carbocycles. The van der Waals surface area contributed by atoms with Crippen LogP contribution in [-0.2, 0) is 0 Å². The second-order valence-corrected chi connectivity index (χ2v) is 2.83. The first-order valence-electron chi connectivity index (χ1n) is 4.60. The highest BCUT2D eigenvalue weighted by Gasteiger charge is 1.76. The minimum atomic E-state index is 1.07. The van der Waals surface area contributed by atoms with Gasteiger partial charge in [0.2, 0.25) is 0 Å². The first-order chi connectivity index (χ1) is 6.00. The third-order valence-corrected chi connectivity index (χ3v) is 1.76. The number of rotatable bonds is 0. The van der Waals surface area contributed by atoms with E-state index in [0.717, 1.165) is 25.7 Å². The lowest BCUT2D eigenvalue weighted by molar-refractivity contribution is 1.23. The molecule has 0 amide bonds. The summed E-state index contributed by atoms with van der Waals surface area (Å²) in [4.78, 5) is 0. The third-order valence-electron chi connectivity index (χ3n) is 1.76. The van der Waals surface area contributed by atoms with E-state index < -0.39 is 0 Å². The largest absolute Gasteiger partial charge is 0.0844 e. The van der Waals surface area contributed by atoms with Gasteiger partial charge in [0, 0.05) is 0 Å². The van der Waals surface area contributed by atoms with Crippen molar-refractivity contribution in [2.75, 3.05) is 0 Å². The van der Waals surface area contributed by atoms with Gasteiger partial charge in [0.1, 0.15) is 0 Å². The van der Waals surface area contributed by atoms with Gasteiger partial charge in [0.25, 0.3) is 0 Å². The summed E-state index contributed by atoms with van der Waals surface area (Å²) >= 11 is 0. The molecule has 0 atom stereocenters. The van der Waals surface area contributed by atoms with E-state index in [9.17, 15) is 0 Å². The second-order valence-electron chi connectivity index (χ2n) is 2.83. The SMILES string of the molecule is C1=CC/C=C/C/C=C\C/C=C\C1. The van der Waals surface area contributed by atoms with Crippen molar-refractivity contribution < 1.29 is 0 Å². The lowest BCUT2D eigenvalue weighted by atomic mass is 10.2. The zero-order chi connectivity index (χ0) is 8.49. The molecule has 0 aromatic rings. The van der Waals surface area contributed by atoms with Gasteiger partial charge in [-0.25, -0.2) is 0 Å². The number of hydrogen-bond donors (Lipinski definition) is 0. The summed E-state index contributed by atoms with van der Waals surface area (Å²) in [5.41, 5.74) is 0. The molecule has 0 N–H and O–H groups in total. The van der Waals surface area contributed by atoms with Crippen molar-refractivity contribution >= 4 is 0 Å². The molecule has 0 saturated heterocycles. The van der Waals surface area contributed by atoms with E-state index in [1.54, 1.807) is 0 Å². The molecule has 0 radical (unpaired) electrons. The maximum Gasteiger partial charge on any atom is -0.0169 e. The van der Waals surface area contributed by atoms with Crippen LogP contribution in [0.1, 0.15) is 25.7 Å². The van der Waals surface area contributed by atoms with Crippen molar-refractivity contribution in [3.63, 3.8) is 0 Å². The molecule has 0 aliphatic heterocycles. The zero-order valence-electron chi connectivity index (χ0n) is 7.45. The van der Waals surface area contributed by atoms with E-state index in [-0.39, 0.29) is 0 Å². The second kappa shape index (κ2) is 6.66. The van der Waals surface area contributed by atoms with Crippen molar-refractivity contribution in [2.45, 2.75) is 25.7 Å². The maximum absolute atomic E-state index is 2.21. The molecule has 0 bridgehead atoms. The molecule has 0 unspecified atom stereocenters. The third kappa shape index (κ3) is 4.73. The van der Waals surface area contributed by atoms with Gasteiger partial charge in [-0.3, -0.25) is 0 Å². The van der Waals surface area contributed by atoms with Crippen LogP contribution >= 0.6 is 0 Å². The van der Waals surface area contributed by atoms with Crippen molar-refractivity contribution in [1.29, 1.82) is 0 Å². The fraction of sp³-hybridized carbons (Fsp3) is 0.333. The van der Waals surface area contributed by atoms with E-state index in [1.165, 1.54) is 0 Å². The molecule has 0 heterocycles. The van der Waals surface area contributed by atoms with Crippen LogP contribution < -0.4 is 0 Å². The lowest BCUT2D eigenvalue weighted by Crippen LogP contribution is -1.66. The predicted molar refractivity (Wildman–Crippen MR) is 55.0 cm³/mol. The lowest BCUT2D eigenvalue weighted by Gasteiger charge is -1.87. The molecule has 1 aliphatic rings. The Kier molecular flexibility index (Phi) is 5.02. The Morgan fingerprint density at radius 3 is 0.667 bits per heavy atom. The average Bonchev–Trinajstić information content (AvgIpc) is 2.05. The average molecular weight is 160 g/mol. The Balaban J connectivity index is 2.40. The van der Waals surface area contributed by atoms with Crippen LogP contribution in [0.15, 0.2) is 48.6 Å². The quantitative estimate of drug-likeness (QED) is 0.473. The van der Waals surface area contributed by atoms with Crippen LogP contribution in [0.2, 0.25) is 0 Å². The molecule has 0 aromatic heterocycles. The summed E-state index contributed by atoms with van der Waals surface area (Å²) in [5.74, 6) is 0. The Morgan fingerprint density at radius 2 is 0.500 bits per heavy atom. The fourth-order valence-corrected chi connectivity index (χ4v) is 1.08.